The van der Waals surface area contributed by atoms with Gasteiger partial charge in [-0.15, -0.1) is 0 Å². The molecule has 0 N–H and O–H groups in total. The zero-order chi connectivity index (χ0) is 11.8. The summed E-state index contributed by atoms with van der Waals surface area (Å²) >= 11 is 0. The number of rotatable bonds is 2. The van der Waals surface area contributed by atoms with Crippen LogP contribution in [0.15, 0.2) is 6.07 Å². The molecule has 0 saturated carbocycles. The fourth-order valence-electron chi connectivity index (χ4n) is 3.00. The number of nitrogens with zero attached hydrogens (tertiary/aromatic N) is 2. The zero-order valence-corrected chi connectivity index (χ0v) is 10.7. The van der Waals surface area contributed by atoms with Gasteiger partial charge in [0.15, 0.2) is 0 Å². The largest absolute Gasteiger partial charge is 0.496 e. The molecule has 1 unspecified atom stereocenters. The van der Waals surface area contributed by atoms with Crippen LogP contribution in [0, 0.1) is 6.92 Å². The zero-order valence-electron chi connectivity index (χ0n) is 10.7. The maximum atomic E-state index is 5.51. The third-order valence-corrected chi connectivity index (χ3v) is 4.08. The van der Waals surface area contributed by atoms with Crippen LogP contribution in [0.2, 0.25) is 0 Å². The molecular formula is C14H20N2O. The van der Waals surface area contributed by atoms with E-state index >= 15 is 0 Å². The van der Waals surface area contributed by atoms with Crippen molar-refractivity contribution >= 4 is 0 Å². The van der Waals surface area contributed by atoms with Crippen molar-refractivity contribution in [2.24, 2.45) is 0 Å². The highest BCUT2D eigenvalue weighted by atomic mass is 16.5. The Morgan fingerprint density at radius 3 is 2.88 bits per heavy atom. The Labute approximate surface area is 103 Å². The summed E-state index contributed by atoms with van der Waals surface area (Å²) in [6, 6.07) is 2.78. The second-order valence-electron chi connectivity index (χ2n) is 5.18. The van der Waals surface area contributed by atoms with Crippen LogP contribution in [0.1, 0.15) is 29.8 Å². The van der Waals surface area contributed by atoms with Gasteiger partial charge in [0.1, 0.15) is 5.75 Å². The molecule has 1 aromatic heterocycles. The maximum absolute atomic E-state index is 5.51. The summed E-state index contributed by atoms with van der Waals surface area (Å²) in [4.78, 5) is 7.26. The van der Waals surface area contributed by atoms with Crippen LogP contribution < -0.4 is 4.74 Å². The average molecular weight is 232 g/mol. The topological polar surface area (TPSA) is 25.4 Å². The molecule has 92 valence electrons. The molecular weight excluding hydrogens is 212 g/mol. The van der Waals surface area contributed by atoms with Gasteiger partial charge in [0.2, 0.25) is 0 Å². The van der Waals surface area contributed by atoms with Gasteiger partial charge < -0.3 is 4.74 Å². The van der Waals surface area contributed by atoms with Crippen LogP contribution in [0.25, 0.3) is 0 Å². The normalized spacial score (nSPS) is 24.0. The van der Waals surface area contributed by atoms with Gasteiger partial charge in [0.25, 0.3) is 0 Å². The van der Waals surface area contributed by atoms with Crippen molar-refractivity contribution in [3.63, 3.8) is 0 Å². The Morgan fingerprint density at radius 2 is 2.24 bits per heavy atom. The molecule has 1 aliphatic heterocycles. The number of hydrogen-bond donors (Lipinski definition) is 0. The Hall–Kier alpha value is -1.09. The number of likely N-dealkylation sites (tertiary alicyclic amines) is 1. The number of methoxy groups -OCH3 is 1. The number of ether oxygens (including phenoxy) is 1. The van der Waals surface area contributed by atoms with Gasteiger partial charge in [0.05, 0.1) is 7.11 Å². The molecule has 1 fully saturated rings. The van der Waals surface area contributed by atoms with Crippen LogP contribution in [0.3, 0.4) is 0 Å². The minimum atomic E-state index is 0.717. The highest BCUT2D eigenvalue weighted by molar-refractivity contribution is 5.40. The molecule has 1 saturated heterocycles. The quantitative estimate of drug-likeness (QED) is 0.779. The van der Waals surface area contributed by atoms with Crippen molar-refractivity contribution in [2.45, 2.75) is 38.6 Å². The molecule has 3 rings (SSSR count). The van der Waals surface area contributed by atoms with E-state index in [1.807, 2.05) is 6.92 Å². The van der Waals surface area contributed by atoms with Gasteiger partial charge in [-0.3, -0.25) is 9.88 Å². The average Bonchev–Trinajstić information content (AvgIpc) is 2.26. The van der Waals surface area contributed by atoms with Gasteiger partial charge >= 0.3 is 0 Å². The molecule has 2 heterocycles. The minimum absolute atomic E-state index is 0.717. The highest BCUT2D eigenvalue weighted by Crippen LogP contribution is 2.32. The van der Waals surface area contributed by atoms with Gasteiger partial charge in [0, 0.05) is 29.1 Å². The molecule has 3 nitrogen and oxygen atoms in total. The molecule has 0 aromatic carbocycles. The molecule has 0 spiro atoms. The van der Waals surface area contributed by atoms with Crippen molar-refractivity contribution in [1.29, 1.82) is 0 Å². The monoisotopic (exact) mass is 232 g/mol. The molecule has 1 aromatic rings. The SMILES string of the molecule is COc1cc(C)nc2c1CC(N1CCC1)CC2. The highest BCUT2D eigenvalue weighted by Gasteiger charge is 2.29. The maximum Gasteiger partial charge on any atom is 0.125 e. The predicted octanol–water partition coefficient (Wildman–Crippen LogP) is 1.96. The van der Waals surface area contributed by atoms with Gasteiger partial charge in [-0.25, -0.2) is 0 Å². The van der Waals surface area contributed by atoms with Gasteiger partial charge in [-0.1, -0.05) is 0 Å². The van der Waals surface area contributed by atoms with E-state index in [0.717, 1.165) is 30.3 Å². The van der Waals surface area contributed by atoms with Crippen LogP contribution >= 0.6 is 0 Å². The van der Waals surface area contributed by atoms with E-state index in [1.165, 1.54) is 37.2 Å². The van der Waals surface area contributed by atoms with E-state index in [4.69, 9.17) is 4.74 Å². The van der Waals surface area contributed by atoms with E-state index < -0.39 is 0 Å². The first-order chi connectivity index (χ1) is 8.28. The van der Waals surface area contributed by atoms with Crippen LogP contribution in [0.5, 0.6) is 5.75 Å². The lowest BCUT2D eigenvalue weighted by Gasteiger charge is -2.40. The van der Waals surface area contributed by atoms with E-state index in [1.54, 1.807) is 7.11 Å². The Balaban J connectivity index is 1.89. The summed E-state index contributed by atoms with van der Waals surface area (Å²) in [5.41, 5.74) is 3.68. The second-order valence-corrected chi connectivity index (χ2v) is 5.18. The first-order valence-electron chi connectivity index (χ1n) is 6.55. The lowest BCUT2D eigenvalue weighted by Crippen LogP contribution is -2.47. The van der Waals surface area contributed by atoms with Crippen molar-refractivity contribution in [1.82, 2.24) is 9.88 Å². The summed E-state index contributed by atoms with van der Waals surface area (Å²) in [5, 5.41) is 0. The molecule has 1 atom stereocenters. The fraction of sp³-hybridized carbons (Fsp3) is 0.643. The van der Waals surface area contributed by atoms with Crippen molar-refractivity contribution in [3.8, 4) is 5.75 Å². The Kier molecular flexibility index (Phi) is 2.79. The van der Waals surface area contributed by atoms with E-state index in [0.29, 0.717) is 0 Å². The molecule has 1 aliphatic carbocycles. The summed E-state index contributed by atoms with van der Waals surface area (Å²) in [7, 11) is 1.77. The van der Waals surface area contributed by atoms with Crippen LogP contribution in [-0.4, -0.2) is 36.1 Å². The third kappa shape index (κ3) is 1.93. The van der Waals surface area contributed by atoms with E-state index in [2.05, 4.69) is 16.0 Å². The van der Waals surface area contributed by atoms with Crippen molar-refractivity contribution in [2.75, 3.05) is 20.2 Å². The molecule has 17 heavy (non-hydrogen) atoms. The molecule has 2 aliphatic rings. The lowest BCUT2D eigenvalue weighted by molar-refractivity contribution is 0.106. The molecule has 0 bridgehead atoms. The first kappa shape index (κ1) is 11.0. The minimum Gasteiger partial charge on any atom is -0.496 e. The van der Waals surface area contributed by atoms with Crippen LogP contribution in [-0.2, 0) is 12.8 Å². The second kappa shape index (κ2) is 4.30. The smallest absolute Gasteiger partial charge is 0.125 e. The van der Waals surface area contributed by atoms with Crippen molar-refractivity contribution in [3.05, 3.63) is 23.0 Å². The number of aromatic nitrogens is 1. The predicted molar refractivity (Wildman–Crippen MR) is 67.5 cm³/mol. The number of hydrogen-bond acceptors (Lipinski definition) is 3. The summed E-state index contributed by atoms with van der Waals surface area (Å²) in [5.74, 6) is 1.04. The Bertz CT molecular complexity index is 409. The summed E-state index contributed by atoms with van der Waals surface area (Å²) < 4.78 is 5.51. The number of pyridine rings is 1. The standard InChI is InChI=1S/C14H20N2O/c1-10-8-14(17-2)12-9-11(16-6-3-7-16)4-5-13(12)15-10/h8,11H,3-7,9H2,1-2H3. The van der Waals surface area contributed by atoms with E-state index in [-0.39, 0.29) is 0 Å². The summed E-state index contributed by atoms with van der Waals surface area (Å²) in [6.45, 7) is 4.60. The first-order valence-corrected chi connectivity index (χ1v) is 6.55. The number of fused-ring (bicyclic) bond motifs is 1. The Morgan fingerprint density at radius 1 is 1.41 bits per heavy atom. The molecule has 0 radical (unpaired) electrons. The molecule has 3 heteroatoms. The fourth-order valence-corrected chi connectivity index (χ4v) is 3.00. The van der Waals surface area contributed by atoms with Gasteiger partial charge in [-0.05, 0) is 45.7 Å². The lowest BCUT2D eigenvalue weighted by atomic mass is 9.88. The summed E-state index contributed by atoms with van der Waals surface area (Å²) in [6.07, 6.45) is 4.85. The van der Waals surface area contributed by atoms with Crippen LogP contribution in [0.4, 0.5) is 0 Å². The van der Waals surface area contributed by atoms with Gasteiger partial charge in [-0.2, -0.15) is 0 Å². The third-order valence-electron chi connectivity index (χ3n) is 4.08. The number of aryl methyl sites for hydroxylation is 2. The van der Waals surface area contributed by atoms with Crippen molar-refractivity contribution < 1.29 is 4.74 Å². The molecule has 0 amide bonds. The van der Waals surface area contributed by atoms with E-state index in [9.17, 15) is 0 Å².